The first-order valence-corrected chi connectivity index (χ1v) is 7.64. The number of aromatic nitrogens is 2. The number of hydrogen-bond donors (Lipinski definition) is 2. The number of fused-ring (bicyclic) bond motifs is 1. The van der Waals surface area contributed by atoms with Crippen molar-refractivity contribution in [3.63, 3.8) is 0 Å². The number of H-pyrrole nitrogens is 1. The molecule has 0 spiro atoms. The maximum Gasteiger partial charge on any atom is 0.262 e. The van der Waals surface area contributed by atoms with Crippen molar-refractivity contribution in [1.82, 2.24) is 14.9 Å². The lowest BCUT2D eigenvalue weighted by Crippen LogP contribution is -2.25. The minimum atomic E-state index is -0.226. The van der Waals surface area contributed by atoms with Gasteiger partial charge in [0.25, 0.3) is 11.5 Å². The predicted molar refractivity (Wildman–Crippen MR) is 92.4 cm³/mol. The molecule has 1 aromatic carbocycles. The van der Waals surface area contributed by atoms with Crippen LogP contribution in [0.2, 0.25) is 0 Å². The van der Waals surface area contributed by atoms with Gasteiger partial charge in [0, 0.05) is 32.4 Å². The van der Waals surface area contributed by atoms with E-state index >= 15 is 0 Å². The van der Waals surface area contributed by atoms with Crippen LogP contribution in [0.5, 0.6) is 0 Å². The van der Waals surface area contributed by atoms with Gasteiger partial charge in [0.05, 0.1) is 10.9 Å². The minimum absolute atomic E-state index is 0.169. The monoisotopic (exact) mass is 333 g/mol. The molecular formula is C16H19N3O3S. The fraction of sp³-hybridized carbons (Fsp3) is 0.312. The number of ether oxygens (including phenoxy) is 1. The van der Waals surface area contributed by atoms with Crippen molar-refractivity contribution < 1.29 is 9.53 Å². The third-order valence-electron chi connectivity index (χ3n) is 3.38. The minimum Gasteiger partial charge on any atom is -0.385 e. The Morgan fingerprint density at radius 1 is 1.52 bits per heavy atom. The second-order valence-electron chi connectivity index (χ2n) is 4.99. The summed E-state index contributed by atoms with van der Waals surface area (Å²) in [6.45, 7) is 4.98. The largest absolute Gasteiger partial charge is 0.385 e. The fourth-order valence-corrected chi connectivity index (χ4v) is 2.52. The highest BCUT2D eigenvalue weighted by Gasteiger charge is 2.09. The van der Waals surface area contributed by atoms with Crippen LogP contribution < -0.4 is 10.9 Å². The van der Waals surface area contributed by atoms with Crippen molar-refractivity contribution in [1.29, 1.82) is 0 Å². The van der Waals surface area contributed by atoms with Crippen LogP contribution in [0.4, 0.5) is 0 Å². The molecule has 0 aliphatic heterocycles. The van der Waals surface area contributed by atoms with E-state index in [4.69, 9.17) is 17.0 Å². The van der Waals surface area contributed by atoms with Gasteiger partial charge in [0.15, 0.2) is 4.77 Å². The Hall–Kier alpha value is -2.25. The fourth-order valence-electron chi connectivity index (χ4n) is 2.23. The molecule has 0 aliphatic rings. The van der Waals surface area contributed by atoms with Crippen LogP contribution in [0.1, 0.15) is 16.8 Å². The Kier molecular flexibility index (Phi) is 5.84. The standard InChI is InChI=1S/C16H19N3O3S/c1-3-7-17-14(20)11-5-6-12-13(10-11)18-16(23)19(15(12)21)8-4-9-22-2/h3,5-6,10H,1,4,7-9H2,2H3,(H,17,20)(H,18,23). The normalized spacial score (nSPS) is 10.7. The summed E-state index contributed by atoms with van der Waals surface area (Å²) >= 11 is 5.25. The third-order valence-corrected chi connectivity index (χ3v) is 3.70. The maximum atomic E-state index is 12.5. The average molecular weight is 333 g/mol. The molecule has 122 valence electrons. The summed E-state index contributed by atoms with van der Waals surface area (Å²) in [5.74, 6) is -0.226. The maximum absolute atomic E-state index is 12.5. The summed E-state index contributed by atoms with van der Waals surface area (Å²) in [5.41, 5.74) is 0.841. The van der Waals surface area contributed by atoms with Crippen LogP contribution in [0, 0.1) is 4.77 Å². The zero-order valence-corrected chi connectivity index (χ0v) is 13.7. The van der Waals surface area contributed by atoms with E-state index in [9.17, 15) is 9.59 Å². The van der Waals surface area contributed by atoms with Crippen LogP contribution in [-0.2, 0) is 11.3 Å². The number of hydrogen-bond acceptors (Lipinski definition) is 4. The number of amides is 1. The Morgan fingerprint density at radius 2 is 2.30 bits per heavy atom. The molecule has 0 radical (unpaired) electrons. The summed E-state index contributed by atoms with van der Waals surface area (Å²) < 4.78 is 6.84. The zero-order chi connectivity index (χ0) is 16.8. The molecule has 0 atom stereocenters. The number of benzene rings is 1. The van der Waals surface area contributed by atoms with Gasteiger partial charge in [-0.2, -0.15) is 0 Å². The SMILES string of the molecule is C=CCNC(=O)c1ccc2c(=O)n(CCCOC)c(=S)[nH]c2c1. The van der Waals surface area contributed by atoms with E-state index in [0.29, 0.717) is 47.4 Å². The Bertz CT molecular complexity index is 839. The lowest BCUT2D eigenvalue weighted by molar-refractivity contribution is 0.0958. The van der Waals surface area contributed by atoms with Crippen LogP contribution in [0.25, 0.3) is 10.9 Å². The number of carbonyl (C=O) groups excluding carboxylic acids is 1. The number of nitrogens with zero attached hydrogens (tertiary/aromatic N) is 1. The van der Waals surface area contributed by atoms with Crippen LogP contribution in [0.15, 0.2) is 35.6 Å². The molecule has 0 bridgehead atoms. The molecule has 0 saturated carbocycles. The molecule has 7 heteroatoms. The number of rotatable bonds is 7. The van der Waals surface area contributed by atoms with Gasteiger partial charge in [-0.3, -0.25) is 14.2 Å². The summed E-state index contributed by atoms with van der Waals surface area (Å²) in [5, 5.41) is 3.19. The van der Waals surface area contributed by atoms with Crippen molar-refractivity contribution >= 4 is 29.0 Å². The molecule has 0 saturated heterocycles. The Balaban J connectivity index is 2.40. The topological polar surface area (TPSA) is 76.1 Å². The summed E-state index contributed by atoms with van der Waals surface area (Å²) in [6, 6.07) is 4.89. The zero-order valence-electron chi connectivity index (χ0n) is 12.9. The number of nitrogens with one attached hydrogen (secondary N) is 2. The molecule has 0 aliphatic carbocycles. The molecule has 2 N–H and O–H groups in total. The highest BCUT2D eigenvalue weighted by atomic mass is 32.1. The van der Waals surface area contributed by atoms with Gasteiger partial charge >= 0.3 is 0 Å². The molecule has 0 unspecified atom stereocenters. The van der Waals surface area contributed by atoms with E-state index in [-0.39, 0.29) is 11.5 Å². The second kappa shape index (κ2) is 7.85. The van der Waals surface area contributed by atoms with Gasteiger partial charge in [0.2, 0.25) is 0 Å². The van der Waals surface area contributed by atoms with E-state index in [0.717, 1.165) is 0 Å². The van der Waals surface area contributed by atoms with Gasteiger partial charge < -0.3 is 15.0 Å². The summed E-state index contributed by atoms with van der Waals surface area (Å²) in [4.78, 5) is 27.5. The van der Waals surface area contributed by atoms with Gasteiger partial charge in [-0.15, -0.1) is 6.58 Å². The lowest BCUT2D eigenvalue weighted by Gasteiger charge is -2.09. The molecule has 6 nitrogen and oxygen atoms in total. The van der Waals surface area contributed by atoms with E-state index in [1.54, 1.807) is 31.4 Å². The molecule has 1 heterocycles. The van der Waals surface area contributed by atoms with Crippen molar-refractivity contribution in [3.8, 4) is 0 Å². The first-order chi connectivity index (χ1) is 11.1. The number of carbonyl (C=O) groups is 1. The molecule has 23 heavy (non-hydrogen) atoms. The molecule has 1 aromatic heterocycles. The predicted octanol–water partition coefficient (Wildman–Crippen LogP) is 2.01. The summed E-state index contributed by atoms with van der Waals surface area (Å²) in [7, 11) is 1.61. The smallest absolute Gasteiger partial charge is 0.262 e. The quantitative estimate of drug-likeness (QED) is 0.462. The summed E-state index contributed by atoms with van der Waals surface area (Å²) in [6.07, 6.45) is 2.30. The second-order valence-corrected chi connectivity index (χ2v) is 5.38. The lowest BCUT2D eigenvalue weighted by atomic mass is 10.1. The van der Waals surface area contributed by atoms with E-state index < -0.39 is 0 Å². The van der Waals surface area contributed by atoms with E-state index in [1.807, 2.05) is 0 Å². The highest BCUT2D eigenvalue weighted by molar-refractivity contribution is 7.71. The highest BCUT2D eigenvalue weighted by Crippen LogP contribution is 2.11. The Morgan fingerprint density at radius 3 is 3.00 bits per heavy atom. The van der Waals surface area contributed by atoms with Crippen molar-refractivity contribution in [2.75, 3.05) is 20.3 Å². The molecule has 2 rings (SSSR count). The van der Waals surface area contributed by atoms with Gasteiger partial charge in [-0.1, -0.05) is 6.08 Å². The van der Waals surface area contributed by atoms with Gasteiger partial charge in [0.1, 0.15) is 0 Å². The number of aromatic amines is 1. The van der Waals surface area contributed by atoms with Crippen molar-refractivity contribution in [2.24, 2.45) is 0 Å². The van der Waals surface area contributed by atoms with Crippen molar-refractivity contribution in [3.05, 3.63) is 51.5 Å². The first kappa shape index (κ1) is 17.1. The van der Waals surface area contributed by atoms with Gasteiger partial charge in [-0.25, -0.2) is 0 Å². The van der Waals surface area contributed by atoms with Gasteiger partial charge in [-0.05, 0) is 36.8 Å². The van der Waals surface area contributed by atoms with Crippen molar-refractivity contribution in [2.45, 2.75) is 13.0 Å². The molecule has 2 aromatic rings. The van der Waals surface area contributed by atoms with E-state index in [1.165, 1.54) is 4.57 Å². The Labute approximate surface area is 138 Å². The van der Waals surface area contributed by atoms with Crippen LogP contribution >= 0.6 is 12.2 Å². The third kappa shape index (κ3) is 3.94. The van der Waals surface area contributed by atoms with Crippen LogP contribution in [-0.4, -0.2) is 35.7 Å². The molecule has 0 fully saturated rings. The molecular weight excluding hydrogens is 314 g/mol. The van der Waals surface area contributed by atoms with Crippen LogP contribution in [0.3, 0.4) is 0 Å². The average Bonchev–Trinajstić information content (AvgIpc) is 2.55. The molecule has 1 amide bonds. The number of methoxy groups -OCH3 is 1. The first-order valence-electron chi connectivity index (χ1n) is 7.23. The van der Waals surface area contributed by atoms with E-state index in [2.05, 4.69) is 16.9 Å².